The standard InChI is InChI=1S/C10H12FN3O/c11-8-2-1-3-9(14-8)12-6-10(15)13-7-4-5-7/h1-3,7H,4-6H2,(H,12,14)(H,13,15). The first kappa shape index (κ1) is 9.89. The van der Waals surface area contributed by atoms with Gasteiger partial charge in [-0.3, -0.25) is 4.79 Å². The molecule has 0 aromatic carbocycles. The fourth-order valence-corrected chi connectivity index (χ4v) is 1.18. The molecule has 0 unspecified atom stereocenters. The number of rotatable bonds is 4. The second-order valence-electron chi connectivity index (χ2n) is 3.54. The summed E-state index contributed by atoms with van der Waals surface area (Å²) >= 11 is 0. The third-order valence-electron chi connectivity index (χ3n) is 2.09. The number of carbonyl (C=O) groups is 1. The molecule has 1 aliphatic rings. The summed E-state index contributed by atoms with van der Waals surface area (Å²) < 4.78 is 12.7. The Morgan fingerprint density at radius 2 is 2.33 bits per heavy atom. The average Bonchev–Trinajstić information content (AvgIpc) is 2.99. The maximum atomic E-state index is 12.7. The molecule has 0 saturated heterocycles. The summed E-state index contributed by atoms with van der Waals surface area (Å²) in [4.78, 5) is 14.8. The first-order valence-electron chi connectivity index (χ1n) is 4.90. The van der Waals surface area contributed by atoms with Crippen molar-refractivity contribution < 1.29 is 9.18 Å². The van der Waals surface area contributed by atoms with Crippen LogP contribution in [-0.4, -0.2) is 23.5 Å². The molecule has 0 spiro atoms. The number of nitrogens with zero attached hydrogens (tertiary/aromatic N) is 1. The molecule has 1 fully saturated rings. The molecule has 1 heterocycles. The lowest BCUT2D eigenvalue weighted by Crippen LogP contribution is -2.31. The van der Waals surface area contributed by atoms with Crippen molar-refractivity contribution in [3.05, 3.63) is 24.1 Å². The summed E-state index contributed by atoms with van der Waals surface area (Å²) in [5.74, 6) is -0.257. The normalized spacial score (nSPS) is 14.7. The number of hydrogen-bond acceptors (Lipinski definition) is 3. The molecule has 2 N–H and O–H groups in total. The lowest BCUT2D eigenvalue weighted by Gasteiger charge is -2.05. The van der Waals surface area contributed by atoms with Crippen molar-refractivity contribution in [1.29, 1.82) is 0 Å². The molecule has 2 rings (SSSR count). The van der Waals surface area contributed by atoms with Crippen molar-refractivity contribution in [2.24, 2.45) is 0 Å². The van der Waals surface area contributed by atoms with E-state index in [2.05, 4.69) is 15.6 Å². The van der Waals surface area contributed by atoms with E-state index in [0.717, 1.165) is 12.8 Å². The molecular formula is C10H12FN3O. The van der Waals surface area contributed by atoms with Gasteiger partial charge in [-0.15, -0.1) is 0 Å². The molecule has 5 heteroatoms. The minimum absolute atomic E-state index is 0.0800. The van der Waals surface area contributed by atoms with Crippen molar-refractivity contribution >= 4 is 11.7 Å². The molecule has 1 amide bonds. The molecule has 0 radical (unpaired) electrons. The van der Waals surface area contributed by atoms with Crippen molar-refractivity contribution in [3.63, 3.8) is 0 Å². The molecule has 1 aromatic rings. The van der Waals surface area contributed by atoms with Gasteiger partial charge in [0.25, 0.3) is 0 Å². The van der Waals surface area contributed by atoms with E-state index >= 15 is 0 Å². The van der Waals surface area contributed by atoms with Gasteiger partial charge in [0.2, 0.25) is 11.9 Å². The number of carbonyl (C=O) groups excluding carboxylic acids is 1. The number of anilines is 1. The zero-order valence-electron chi connectivity index (χ0n) is 8.16. The average molecular weight is 209 g/mol. The maximum absolute atomic E-state index is 12.7. The lowest BCUT2D eigenvalue weighted by atomic mass is 10.4. The van der Waals surface area contributed by atoms with Gasteiger partial charge in [0.1, 0.15) is 5.82 Å². The molecule has 1 aromatic heterocycles. The molecule has 0 bridgehead atoms. The van der Waals surface area contributed by atoms with Gasteiger partial charge in [0, 0.05) is 6.04 Å². The molecule has 0 atom stereocenters. The van der Waals surface area contributed by atoms with Crippen LogP contribution in [0.5, 0.6) is 0 Å². The summed E-state index contributed by atoms with van der Waals surface area (Å²) in [6, 6.07) is 4.77. The number of nitrogens with one attached hydrogen (secondary N) is 2. The number of hydrogen-bond donors (Lipinski definition) is 2. The summed E-state index contributed by atoms with van der Waals surface area (Å²) in [6.07, 6.45) is 2.12. The van der Waals surface area contributed by atoms with E-state index in [1.54, 1.807) is 12.1 Å². The van der Waals surface area contributed by atoms with E-state index in [9.17, 15) is 9.18 Å². The van der Waals surface area contributed by atoms with E-state index in [1.165, 1.54) is 6.07 Å². The Morgan fingerprint density at radius 3 is 3.00 bits per heavy atom. The summed E-state index contributed by atoms with van der Waals surface area (Å²) in [7, 11) is 0. The predicted octanol–water partition coefficient (Wildman–Crippen LogP) is 0.911. The fraction of sp³-hybridized carbons (Fsp3) is 0.400. The second-order valence-corrected chi connectivity index (χ2v) is 3.54. The Kier molecular flexibility index (Phi) is 2.80. The first-order valence-corrected chi connectivity index (χ1v) is 4.90. The van der Waals surface area contributed by atoms with Gasteiger partial charge in [0.15, 0.2) is 0 Å². The Labute approximate surface area is 86.9 Å². The van der Waals surface area contributed by atoms with Crippen molar-refractivity contribution in [3.8, 4) is 0 Å². The first-order chi connectivity index (χ1) is 7.24. The zero-order valence-corrected chi connectivity index (χ0v) is 8.16. The van der Waals surface area contributed by atoms with E-state index in [0.29, 0.717) is 11.9 Å². The van der Waals surface area contributed by atoms with Crippen LogP contribution < -0.4 is 10.6 Å². The quantitative estimate of drug-likeness (QED) is 0.725. The van der Waals surface area contributed by atoms with Crippen LogP contribution in [0.1, 0.15) is 12.8 Å². The van der Waals surface area contributed by atoms with Gasteiger partial charge in [0.05, 0.1) is 6.54 Å². The van der Waals surface area contributed by atoms with E-state index in [-0.39, 0.29) is 12.5 Å². The molecule has 1 aliphatic carbocycles. The SMILES string of the molecule is O=C(CNc1cccc(F)n1)NC1CC1. The van der Waals surface area contributed by atoms with Crippen LogP contribution in [0.25, 0.3) is 0 Å². The Bertz CT molecular complexity index is 365. The smallest absolute Gasteiger partial charge is 0.239 e. The van der Waals surface area contributed by atoms with Crippen LogP contribution in [0.4, 0.5) is 10.2 Å². The Balaban J connectivity index is 1.78. The Hall–Kier alpha value is -1.65. The highest BCUT2D eigenvalue weighted by Crippen LogP contribution is 2.18. The minimum atomic E-state index is -0.553. The van der Waals surface area contributed by atoms with E-state index < -0.39 is 5.95 Å². The van der Waals surface area contributed by atoms with Crippen LogP contribution in [-0.2, 0) is 4.79 Å². The molecule has 15 heavy (non-hydrogen) atoms. The summed E-state index contributed by atoms with van der Waals surface area (Å²) in [5.41, 5.74) is 0. The summed E-state index contributed by atoms with van der Waals surface area (Å²) in [6.45, 7) is 0.132. The van der Waals surface area contributed by atoms with Gasteiger partial charge in [-0.1, -0.05) is 6.07 Å². The molecule has 80 valence electrons. The maximum Gasteiger partial charge on any atom is 0.239 e. The molecular weight excluding hydrogens is 197 g/mol. The fourth-order valence-electron chi connectivity index (χ4n) is 1.18. The predicted molar refractivity (Wildman–Crippen MR) is 53.8 cm³/mol. The highest BCUT2D eigenvalue weighted by Gasteiger charge is 2.22. The van der Waals surface area contributed by atoms with E-state index in [1.807, 2.05) is 0 Å². The summed E-state index contributed by atoms with van der Waals surface area (Å²) in [5, 5.41) is 5.57. The van der Waals surface area contributed by atoms with Crippen LogP contribution in [0.3, 0.4) is 0 Å². The van der Waals surface area contributed by atoms with Gasteiger partial charge in [-0.25, -0.2) is 4.98 Å². The van der Waals surface area contributed by atoms with Gasteiger partial charge < -0.3 is 10.6 Å². The topological polar surface area (TPSA) is 54.0 Å². The number of halogens is 1. The molecule has 0 aliphatic heterocycles. The van der Waals surface area contributed by atoms with E-state index in [4.69, 9.17) is 0 Å². The van der Waals surface area contributed by atoms with Crippen molar-refractivity contribution in [2.75, 3.05) is 11.9 Å². The Morgan fingerprint density at radius 1 is 1.53 bits per heavy atom. The monoisotopic (exact) mass is 209 g/mol. The zero-order chi connectivity index (χ0) is 10.7. The third kappa shape index (κ3) is 3.19. The minimum Gasteiger partial charge on any atom is -0.361 e. The van der Waals surface area contributed by atoms with Crippen LogP contribution in [0.15, 0.2) is 18.2 Å². The van der Waals surface area contributed by atoms with Gasteiger partial charge in [-0.05, 0) is 25.0 Å². The van der Waals surface area contributed by atoms with Crippen LogP contribution in [0, 0.1) is 5.95 Å². The second kappa shape index (κ2) is 4.25. The van der Waals surface area contributed by atoms with Crippen molar-refractivity contribution in [2.45, 2.75) is 18.9 Å². The van der Waals surface area contributed by atoms with Crippen molar-refractivity contribution in [1.82, 2.24) is 10.3 Å². The third-order valence-corrected chi connectivity index (χ3v) is 2.09. The van der Waals surface area contributed by atoms with Gasteiger partial charge in [-0.2, -0.15) is 4.39 Å². The lowest BCUT2D eigenvalue weighted by molar-refractivity contribution is -0.119. The largest absolute Gasteiger partial charge is 0.361 e. The highest BCUT2D eigenvalue weighted by atomic mass is 19.1. The number of amides is 1. The highest BCUT2D eigenvalue weighted by molar-refractivity contribution is 5.80. The number of aromatic nitrogens is 1. The number of pyridine rings is 1. The van der Waals surface area contributed by atoms with Crippen LogP contribution in [0.2, 0.25) is 0 Å². The van der Waals surface area contributed by atoms with Crippen LogP contribution >= 0.6 is 0 Å². The van der Waals surface area contributed by atoms with Gasteiger partial charge >= 0.3 is 0 Å². The molecule has 1 saturated carbocycles. The molecule has 4 nitrogen and oxygen atoms in total.